The molecule has 0 amide bonds. The maximum Gasteiger partial charge on any atom is 0.332 e. The molecule has 0 aromatic carbocycles. The lowest BCUT2D eigenvalue weighted by molar-refractivity contribution is -0.385. The van der Waals surface area contributed by atoms with Gasteiger partial charge < -0.3 is 10.2 Å². The summed E-state index contributed by atoms with van der Waals surface area (Å²) in [6, 6.07) is 0.345. The minimum Gasteiger partial charge on any atom is -0.357 e. The van der Waals surface area contributed by atoms with Crippen LogP contribution in [0.4, 0.5) is 17.5 Å². The largest absolute Gasteiger partial charge is 0.357 e. The number of nitrogens with zero attached hydrogens (tertiary/aromatic N) is 4. The molecule has 0 bridgehead atoms. The number of nitrogens with one attached hydrogen (secondary N) is 1. The van der Waals surface area contributed by atoms with Crippen molar-refractivity contribution in [3.05, 3.63) is 15.8 Å². The Labute approximate surface area is 118 Å². The van der Waals surface area contributed by atoms with Gasteiger partial charge in [-0.15, -0.1) is 0 Å². The van der Waals surface area contributed by atoms with E-state index in [1.807, 2.05) is 6.92 Å². The maximum absolute atomic E-state index is 11.4. The van der Waals surface area contributed by atoms with Crippen molar-refractivity contribution in [2.24, 2.45) is 0 Å². The molecule has 0 unspecified atom stereocenters. The van der Waals surface area contributed by atoms with Gasteiger partial charge in [-0.1, -0.05) is 12.8 Å². The van der Waals surface area contributed by atoms with Crippen LogP contribution in [0, 0.1) is 17.0 Å². The molecular formula is C13H21N5O2. The zero-order valence-electron chi connectivity index (χ0n) is 12.2. The Morgan fingerprint density at radius 3 is 2.55 bits per heavy atom. The van der Waals surface area contributed by atoms with E-state index in [2.05, 4.69) is 20.2 Å². The van der Waals surface area contributed by atoms with E-state index < -0.39 is 0 Å². The molecule has 1 fully saturated rings. The van der Waals surface area contributed by atoms with Gasteiger partial charge in [0.15, 0.2) is 0 Å². The summed E-state index contributed by atoms with van der Waals surface area (Å²) in [6.07, 6.45) is 4.50. The second kappa shape index (κ2) is 6.02. The first-order valence-electron chi connectivity index (χ1n) is 7.05. The number of aryl methyl sites for hydroxylation is 1. The predicted molar refractivity (Wildman–Crippen MR) is 78.2 cm³/mol. The summed E-state index contributed by atoms with van der Waals surface area (Å²) in [5.74, 6) is 0.876. The molecular weight excluding hydrogens is 258 g/mol. The van der Waals surface area contributed by atoms with Crippen LogP contribution in [0.15, 0.2) is 0 Å². The standard InChI is InChI=1S/C13H21N5O2/c1-4-17(10-7-5-6-8-10)12-11(18(19)20)9(2)15-13(14-3)16-12/h10H,4-8H2,1-3H3,(H,14,15,16). The highest BCUT2D eigenvalue weighted by atomic mass is 16.6. The third-order valence-corrected chi connectivity index (χ3v) is 3.82. The van der Waals surface area contributed by atoms with E-state index in [1.54, 1.807) is 14.0 Å². The number of anilines is 2. The van der Waals surface area contributed by atoms with Crippen LogP contribution in [0.1, 0.15) is 38.3 Å². The summed E-state index contributed by atoms with van der Waals surface area (Å²) in [7, 11) is 1.72. The van der Waals surface area contributed by atoms with Gasteiger partial charge in [-0.3, -0.25) is 10.1 Å². The van der Waals surface area contributed by atoms with Crippen LogP contribution >= 0.6 is 0 Å². The van der Waals surface area contributed by atoms with Crippen LogP contribution in [0.5, 0.6) is 0 Å². The van der Waals surface area contributed by atoms with Crippen LogP contribution in [-0.4, -0.2) is 34.5 Å². The molecule has 0 saturated heterocycles. The Bertz CT molecular complexity index is 500. The van der Waals surface area contributed by atoms with Crippen molar-refractivity contribution < 1.29 is 4.92 Å². The molecule has 1 aromatic rings. The Balaban J connectivity index is 2.50. The number of rotatable bonds is 5. The van der Waals surface area contributed by atoms with Gasteiger partial charge >= 0.3 is 5.69 Å². The van der Waals surface area contributed by atoms with E-state index in [9.17, 15) is 10.1 Å². The number of hydrogen-bond acceptors (Lipinski definition) is 6. The van der Waals surface area contributed by atoms with E-state index in [1.165, 1.54) is 12.8 Å². The molecule has 110 valence electrons. The molecule has 20 heavy (non-hydrogen) atoms. The Kier molecular flexibility index (Phi) is 4.36. The van der Waals surface area contributed by atoms with Gasteiger partial charge in [0.25, 0.3) is 0 Å². The van der Waals surface area contributed by atoms with Gasteiger partial charge in [-0.05, 0) is 26.7 Å². The van der Waals surface area contributed by atoms with E-state index >= 15 is 0 Å². The van der Waals surface area contributed by atoms with Crippen LogP contribution in [0.25, 0.3) is 0 Å². The number of hydrogen-bond donors (Lipinski definition) is 1. The lowest BCUT2D eigenvalue weighted by Crippen LogP contribution is -2.34. The van der Waals surface area contributed by atoms with Crippen LogP contribution < -0.4 is 10.2 Å². The molecule has 0 atom stereocenters. The first-order chi connectivity index (χ1) is 9.58. The molecule has 1 saturated carbocycles. The average molecular weight is 279 g/mol. The van der Waals surface area contributed by atoms with Crippen LogP contribution in [0.3, 0.4) is 0 Å². The molecule has 1 aliphatic rings. The molecule has 0 radical (unpaired) electrons. The second-order valence-corrected chi connectivity index (χ2v) is 5.04. The highest BCUT2D eigenvalue weighted by Gasteiger charge is 2.31. The SMILES string of the molecule is CCN(c1nc(NC)nc(C)c1[N+](=O)[O-])C1CCCC1. The third-order valence-electron chi connectivity index (χ3n) is 3.82. The minimum atomic E-state index is -0.373. The molecule has 7 heteroatoms. The first kappa shape index (κ1) is 14.5. The zero-order valence-corrected chi connectivity index (χ0v) is 12.2. The van der Waals surface area contributed by atoms with Crippen molar-refractivity contribution in [3.8, 4) is 0 Å². The minimum absolute atomic E-state index is 0.0257. The number of aromatic nitrogens is 2. The Hall–Kier alpha value is -1.92. The zero-order chi connectivity index (χ0) is 14.7. The molecule has 1 N–H and O–H groups in total. The van der Waals surface area contributed by atoms with Crippen molar-refractivity contribution in [1.82, 2.24) is 9.97 Å². The molecule has 0 aliphatic heterocycles. The first-order valence-corrected chi connectivity index (χ1v) is 7.05. The highest BCUT2D eigenvalue weighted by molar-refractivity contribution is 5.63. The average Bonchev–Trinajstić information content (AvgIpc) is 2.92. The summed E-state index contributed by atoms with van der Waals surface area (Å²) in [5.41, 5.74) is 0.429. The van der Waals surface area contributed by atoms with E-state index in [0.717, 1.165) is 12.8 Å². The Morgan fingerprint density at radius 2 is 2.05 bits per heavy atom. The predicted octanol–water partition coefficient (Wildman–Crippen LogP) is 2.50. The normalized spacial score (nSPS) is 15.3. The van der Waals surface area contributed by atoms with Crippen LogP contribution in [-0.2, 0) is 0 Å². The molecule has 1 heterocycles. The van der Waals surface area contributed by atoms with E-state index in [4.69, 9.17) is 0 Å². The second-order valence-electron chi connectivity index (χ2n) is 5.04. The van der Waals surface area contributed by atoms with E-state index in [-0.39, 0.29) is 10.6 Å². The van der Waals surface area contributed by atoms with Crippen LogP contribution in [0.2, 0.25) is 0 Å². The van der Waals surface area contributed by atoms with E-state index in [0.29, 0.717) is 30.0 Å². The van der Waals surface area contributed by atoms with Crippen molar-refractivity contribution in [2.75, 3.05) is 23.8 Å². The molecule has 1 aliphatic carbocycles. The van der Waals surface area contributed by atoms with Gasteiger partial charge in [0, 0.05) is 19.6 Å². The number of nitro groups is 1. The van der Waals surface area contributed by atoms with Gasteiger partial charge in [0.05, 0.1) is 4.92 Å². The molecule has 1 aromatic heterocycles. The quantitative estimate of drug-likeness (QED) is 0.658. The lowest BCUT2D eigenvalue weighted by atomic mass is 10.2. The highest BCUT2D eigenvalue weighted by Crippen LogP contribution is 2.34. The summed E-state index contributed by atoms with van der Waals surface area (Å²) >= 11 is 0. The fraction of sp³-hybridized carbons (Fsp3) is 0.692. The summed E-state index contributed by atoms with van der Waals surface area (Å²) in [4.78, 5) is 21.5. The fourth-order valence-corrected chi connectivity index (χ4v) is 2.87. The van der Waals surface area contributed by atoms with Crippen molar-refractivity contribution in [2.45, 2.75) is 45.6 Å². The molecule has 0 spiro atoms. The maximum atomic E-state index is 11.4. The lowest BCUT2D eigenvalue weighted by Gasteiger charge is -2.28. The summed E-state index contributed by atoms with van der Waals surface area (Å²) in [5, 5.41) is 14.2. The van der Waals surface area contributed by atoms with Gasteiger partial charge in [0.2, 0.25) is 11.8 Å². The van der Waals surface area contributed by atoms with Crippen molar-refractivity contribution in [1.29, 1.82) is 0 Å². The third kappa shape index (κ3) is 2.66. The summed E-state index contributed by atoms with van der Waals surface area (Å²) in [6.45, 7) is 4.39. The summed E-state index contributed by atoms with van der Waals surface area (Å²) < 4.78 is 0. The van der Waals surface area contributed by atoms with Gasteiger partial charge in [-0.25, -0.2) is 4.98 Å². The Morgan fingerprint density at radius 1 is 1.40 bits per heavy atom. The van der Waals surface area contributed by atoms with Gasteiger partial charge in [0.1, 0.15) is 5.69 Å². The molecule has 7 nitrogen and oxygen atoms in total. The smallest absolute Gasteiger partial charge is 0.332 e. The topological polar surface area (TPSA) is 84.2 Å². The monoisotopic (exact) mass is 279 g/mol. The fourth-order valence-electron chi connectivity index (χ4n) is 2.87. The van der Waals surface area contributed by atoms with Crippen molar-refractivity contribution >= 4 is 17.5 Å². The van der Waals surface area contributed by atoms with Gasteiger partial charge in [-0.2, -0.15) is 4.98 Å². The van der Waals surface area contributed by atoms with Crippen molar-refractivity contribution in [3.63, 3.8) is 0 Å². The molecule has 2 rings (SSSR count).